The molecule has 134 valence electrons. The third kappa shape index (κ3) is 3.74. The van der Waals surface area contributed by atoms with Gasteiger partial charge in [-0.2, -0.15) is 0 Å². The number of carbonyl (C=O) groups excluding carboxylic acids is 3. The fourth-order valence-electron chi connectivity index (χ4n) is 2.97. The zero-order valence-electron chi connectivity index (χ0n) is 14.7. The van der Waals surface area contributed by atoms with Gasteiger partial charge >= 0.3 is 0 Å². The monoisotopic (exact) mass is 352 g/mol. The molecule has 2 amide bonds. The van der Waals surface area contributed by atoms with E-state index in [1.165, 1.54) is 6.92 Å². The average Bonchev–Trinajstić information content (AvgIpc) is 3.04. The van der Waals surface area contributed by atoms with Gasteiger partial charge in [-0.1, -0.05) is 18.2 Å². The number of anilines is 2. The van der Waals surface area contributed by atoms with Gasteiger partial charge in [0.15, 0.2) is 5.78 Å². The van der Waals surface area contributed by atoms with E-state index in [1.54, 1.807) is 48.4 Å². The van der Waals surface area contributed by atoms with Crippen LogP contribution in [0.5, 0.6) is 5.75 Å². The molecule has 1 fully saturated rings. The van der Waals surface area contributed by atoms with Crippen LogP contribution in [0.25, 0.3) is 0 Å². The van der Waals surface area contributed by atoms with Crippen molar-refractivity contribution >= 4 is 29.0 Å². The van der Waals surface area contributed by atoms with Crippen molar-refractivity contribution in [2.45, 2.75) is 13.3 Å². The number of ketones is 1. The minimum atomic E-state index is -0.449. The van der Waals surface area contributed by atoms with Gasteiger partial charge in [0.1, 0.15) is 5.75 Å². The molecule has 3 rings (SSSR count). The van der Waals surface area contributed by atoms with Gasteiger partial charge in [0, 0.05) is 36.0 Å². The highest BCUT2D eigenvalue weighted by Crippen LogP contribution is 2.28. The summed E-state index contributed by atoms with van der Waals surface area (Å²) in [5.74, 6) is -0.194. The molecule has 1 N–H and O–H groups in total. The maximum atomic E-state index is 12.5. The van der Waals surface area contributed by atoms with Crippen molar-refractivity contribution in [3.05, 3.63) is 54.1 Å². The summed E-state index contributed by atoms with van der Waals surface area (Å²) in [4.78, 5) is 37.9. The highest BCUT2D eigenvalue weighted by atomic mass is 16.5. The average molecular weight is 352 g/mol. The van der Waals surface area contributed by atoms with Gasteiger partial charge in [0.05, 0.1) is 13.0 Å². The Hall–Kier alpha value is -3.15. The highest BCUT2D eigenvalue weighted by molar-refractivity contribution is 6.04. The van der Waals surface area contributed by atoms with E-state index in [0.717, 1.165) is 0 Å². The van der Waals surface area contributed by atoms with Gasteiger partial charge in [-0.15, -0.1) is 0 Å². The molecule has 0 spiro atoms. The minimum absolute atomic E-state index is 0.0682. The second-order valence-corrected chi connectivity index (χ2v) is 6.23. The Kier molecular flexibility index (Phi) is 5.02. The zero-order valence-corrected chi connectivity index (χ0v) is 14.7. The van der Waals surface area contributed by atoms with E-state index < -0.39 is 5.92 Å². The van der Waals surface area contributed by atoms with Crippen LogP contribution in [-0.4, -0.2) is 31.3 Å². The van der Waals surface area contributed by atoms with Crippen LogP contribution in [0.3, 0.4) is 0 Å². The van der Waals surface area contributed by atoms with Gasteiger partial charge in [-0.05, 0) is 31.2 Å². The number of hydrogen-bond acceptors (Lipinski definition) is 4. The first kappa shape index (κ1) is 17.7. The molecule has 0 aromatic heterocycles. The Morgan fingerprint density at radius 1 is 1.15 bits per heavy atom. The summed E-state index contributed by atoms with van der Waals surface area (Å²) in [6, 6.07) is 14.0. The molecule has 0 bridgehead atoms. The van der Waals surface area contributed by atoms with E-state index in [4.69, 9.17) is 4.74 Å². The third-order valence-corrected chi connectivity index (χ3v) is 4.40. The van der Waals surface area contributed by atoms with Crippen molar-refractivity contribution in [2.75, 3.05) is 23.9 Å². The minimum Gasteiger partial charge on any atom is -0.497 e. The first-order valence-electron chi connectivity index (χ1n) is 8.34. The molecule has 1 aliphatic heterocycles. The van der Waals surface area contributed by atoms with Crippen molar-refractivity contribution in [1.29, 1.82) is 0 Å². The predicted molar refractivity (Wildman–Crippen MR) is 98.5 cm³/mol. The molecular formula is C20H20N2O4. The first-order chi connectivity index (χ1) is 12.5. The van der Waals surface area contributed by atoms with E-state index in [2.05, 4.69) is 5.32 Å². The summed E-state index contributed by atoms with van der Waals surface area (Å²) < 4.78 is 5.19. The molecule has 1 atom stereocenters. The normalized spacial score (nSPS) is 16.5. The Labute approximate surface area is 151 Å². The summed E-state index contributed by atoms with van der Waals surface area (Å²) in [5, 5.41) is 2.80. The molecule has 1 saturated heterocycles. The molecule has 6 heteroatoms. The third-order valence-electron chi connectivity index (χ3n) is 4.40. The topological polar surface area (TPSA) is 75.7 Å². The summed E-state index contributed by atoms with van der Waals surface area (Å²) >= 11 is 0. The zero-order chi connectivity index (χ0) is 18.7. The van der Waals surface area contributed by atoms with Crippen LogP contribution < -0.4 is 15.0 Å². The maximum Gasteiger partial charge on any atom is 0.229 e. The number of benzene rings is 2. The number of amides is 2. The van der Waals surface area contributed by atoms with Crippen molar-refractivity contribution in [1.82, 2.24) is 0 Å². The lowest BCUT2D eigenvalue weighted by Gasteiger charge is -2.17. The van der Waals surface area contributed by atoms with Crippen LogP contribution >= 0.6 is 0 Å². The second kappa shape index (κ2) is 7.39. The van der Waals surface area contributed by atoms with E-state index in [1.807, 2.05) is 12.1 Å². The van der Waals surface area contributed by atoms with Crippen molar-refractivity contribution in [2.24, 2.45) is 5.92 Å². The van der Waals surface area contributed by atoms with Crippen LogP contribution in [-0.2, 0) is 9.59 Å². The standard InChI is InChI=1S/C20H20N2O4/c1-13(23)14-5-3-6-16(9-14)21-20(25)15-10-19(24)22(12-15)17-7-4-8-18(11-17)26-2/h3-9,11,15H,10,12H2,1-2H3,(H,21,25)/t15-/m1/s1. The number of rotatable bonds is 5. The largest absolute Gasteiger partial charge is 0.497 e. The summed E-state index contributed by atoms with van der Waals surface area (Å²) in [6.07, 6.45) is 0.148. The first-order valence-corrected chi connectivity index (χ1v) is 8.34. The summed E-state index contributed by atoms with van der Waals surface area (Å²) in [5.41, 5.74) is 1.79. The smallest absolute Gasteiger partial charge is 0.229 e. The SMILES string of the molecule is COc1cccc(N2C[C@H](C(=O)Nc3cccc(C(C)=O)c3)CC2=O)c1. The van der Waals surface area contributed by atoms with E-state index in [0.29, 0.717) is 29.2 Å². The number of nitrogens with zero attached hydrogens (tertiary/aromatic N) is 1. The molecule has 0 saturated carbocycles. The summed E-state index contributed by atoms with van der Waals surface area (Å²) in [6.45, 7) is 1.78. The Morgan fingerprint density at radius 2 is 1.92 bits per heavy atom. The Bertz CT molecular complexity index is 862. The van der Waals surface area contributed by atoms with E-state index in [-0.39, 0.29) is 24.0 Å². The van der Waals surface area contributed by atoms with E-state index >= 15 is 0 Å². The molecule has 26 heavy (non-hydrogen) atoms. The number of ether oxygens (including phenoxy) is 1. The molecule has 0 radical (unpaired) electrons. The maximum absolute atomic E-state index is 12.5. The lowest BCUT2D eigenvalue weighted by atomic mass is 10.1. The van der Waals surface area contributed by atoms with Gasteiger partial charge in [-0.3, -0.25) is 14.4 Å². The van der Waals surface area contributed by atoms with Crippen LogP contribution in [0.15, 0.2) is 48.5 Å². The summed E-state index contributed by atoms with van der Waals surface area (Å²) in [7, 11) is 1.57. The van der Waals surface area contributed by atoms with Gasteiger partial charge in [0.25, 0.3) is 0 Å². The molecule has 1 aliphatic rings. The van der Waals surface area contributed by atoms with Crippen LogP contribution in [0, 0.1) is 5.92 Å². The molecule has 0 unspecified atom stereocenters. The second-order valence-electron chi connectivity index (χ2n) is 6.23. The van der Waals surface area contributed by atoms with Gasteiger partial charge in [-0.25, -0.2) is 0 Å². The van der Waals surface area contributed by atoms with Gasteiger partial charge < -0.3 is 15.0 Å². The van der Waals surface area contributed by atoms with Crippen molar-refractivity contribution < 1.29 is 19.1 Å². The van der Waals surface area contributed by atoms with Crippen LogP contribution in [0.4, 0.5) is 11.4 Å². The quantitative estimate of drug-likeness (QED) is 0.840. The highest BCUT2D eigenvalue weighted by Gasteiger charge is 2.35. The Morgan fingerprint density at radius 3 is 2.65 bits per heavy atom. The van der Waals surface area contributed by atoms with Crippen molar-refractivity contribution in [3.63, 3.8) is 0 Å². The van der Waals surface area contributed by atoms with Gasteiger partial charge in [0.2, 0.25) is 11.8 Å². The molecule has 2 aromatic rings. The molecule has 0 aliphatic carbocycles. The van der Waals surface area contributed by atoms with Crippen LogP contribution in [0.2, 0.25) is 0 Å². The van der Waals surface area contributed by atoms with Crippen LogP contribution in [0.1, 0.15) is 23.7 Å². The number of methoxy groups -OCH3 is 1. The number of Topliss-reactive ketones (excluding diaryl/α,β-unsaturated/α-hetero) is 1. The van der Waals surface area contributed by atoms with Crippen molar-refractivity contribution in [3.8, 4) is 5.75 Å². The lowest BCUT2D eigenvalue weighted by molar-refractivity contribution is -0.122. The molecule has 2 aromatic carbocycles. The number of hydrogen-bond donors (Lipinski definition) is 1. The predicted octanol–water partition coefficient (Wildman–Crippen LogP) is 2.89. The van der Waals surface area contributed by atoms with E-state index in [9.17, 15) is 14.4 Å². The Balaban J connectivity index is 1.71. The number of nitrogens with one attached hydrogen (secondary N) is 1. The molecule has 1 heterocycles. The number of carbonyl (C=O) groups is 3. The fourth-order valence-corrected chi connectivity index (χ4v) is 2.97. The lowest BCUT2D eigenvalue weighted by Crippen LogP contribution is -2.28. The molecular weight excluding hydrogens is 332 g/mol. The fraction of sp³-hybridized carbons (Fsp3) is 0.250. The molecule has 6 nitrogen and oxygen atoms in total.